The molecule has 0 unspecified atom stereocenters. The Morgan fingerprint density at radius 1 is 1.42 bits per heavy atom. The molecule has 0 spiro atoms. The minimum Gasteiger partial charge on any atom is -0.391 e. The number of rotatable bonds is 7. The molecule has 1 saturated heterocycles. The van der Waals surface area contributed by atoms with Gasteiger partial charge in [0.15, 0.2) is 0 Å². The predicted octanol–water partition coefficient (Wildman–Crippen LogP) is 3.22. The number of thiazole rings is 1. The first-order valence-corrected chi connectivity index (χ1v) is 11.7. The third kappa shape index (κ3) is 5.95. The number of allylic oxidation sites excluding steroid dienone is 7. The van der Waals surface area contributed by atoms with E-state index in [1.54, 1.807) is 18.3 Å². The molecule has 0 bridgehead atoms. The van der Waals surface area contributed by atoms with Crippen molar-refractivity contribution in [2.24, 2.45) is 0 Å². The van der Waals surface area contributed by atoms with Crippen LogP contribution in [0.4, 0.5) is 0 Å². The van der Waals surface area contributed by atoms with E-state index >= 15 is 0 Å². The van der Waals surface area contributed by atoms with E-state index in [4.69, 9.17) is 5.26 Å². The van der Waals surface area contributed by atoms with Crippen molar-refractivity contribution in [3.8, 4) is 6.07 Å². The van der Waals surface area contributed by atoms with Crippen LogP contribution >= 0.6 is 11.3 Å². The number of nitriles is 1. The van der Waals surface area contributed by atoms with E-state index in [0.29, 0.717) is 17.7 Å². The van der Waals surface area contributed by atoms with Gasteiger partial charge in [-0.1, -0.05) is 30.4 Å². The Morgan fingerprint density at radius 2 is 2.21 bits per heavy atom. The molecule has 2 amide bonds. The number of β-amino-alcohol motifs (C(OH)–C–C–N with tert-alkyl or cyclic N) is 1. The van der Waals surface area contributed by atoms with Crippen molar-refractivity contribution in [1.29, 1.82) is 5.26 Å². The molecular formula is C25H28N4O3S. The van der Waals surface area contributed by atoms with E-state index in [1.807, 2.05) is 24.6 Å². The number of carbonyl (C=O) groups excluding carboxylic acids is 2. The summed E-state index contributed by atoms with van der Waals surface area (Å²) in [4.78, 5) is 32.7. The Morgan fingerprint density at radius 3 is 2.82 bits per heavy atom. The van der Waals surface area contributed by atoms with Gasteiger partial charge in [-0.15, -0.1) is 11.3 Å². The number of nitrogens with zero attached hydrogens (tertiary/aromatic N) is 3. The topological polar surface area (TPSA) is 106 Å². The molecule has 1 aromatic heterocycles. The number of hydrogen-bond acceptors (Lipinski definition) is 6. The van der Waals surface area contributed by atoms with E-state index in [2.05, 4.69) is 23.0 Å². The second-order valence-corrected chi connectivity index (χ2v) is 9.02. The zero-order valence-corrected chi connectivity index (χ0v) is 19.7. The lowest BCUT2D eigenvalue weighted by Crippen LogP contribution is -2.46. The van der Waals surface area contributed by atoms with Gasteiger partial charge >= 0.3 is 0 Å². The molecule has 0 radical (unpaired) electrons. The standard InChI is InChI=1S/C25H28N4O3S/c1-4-5-19(12-26)10-16(2)25(32)29-14-21(30)11-22(29)24(31)27-13-18-6-8-20(9-7-18)23-17(3)28-15-33-23/h4-6,8,10,15,21-22,30H,1,7,9,11,13-14H2,2-3H3,(H,27,31)/b16-10+,19-5+/t21-,22+/m1/s1. The second kappa shape index (κ2) is 11.0. The van der Waals surface area contributed by atoms with Gasteiger partial charge in [0.25, 0.3) is 0 Å². The van der Waals surface area contributed by atoms with E-state index in [1.165, 1.54) is 33.6 Å². The molecule has 172 valence electrons. The molecule has 0 saturated carbocycles. The van der Waals surface area contributed by atoms with Crippen molar-refractivity contribution in [2.45, 2.75) is 45.3 Å². The average Bonchev–Trinajstić information content (AvgIpc) is 3.42. The molecule has 1 aliphatic heterocycles. The number of amides is 2. The maximum absolute atomic E-state index is 12.9. The number of aliphatic hydroxyl groups excluding tert-OH is 1. The summed E-state index contributed by atoms with van der Waals surface area (Å²) in [7, 11) is 0. The molecule has 0 aromatic carbocycles. The fourth-order valence-corrected chi connectivity index (χ4v) is 4.86. The van der Waals surface area contributed by atoms with Gasteiger partial charge in [0.1, 0.15) is 6.04 Å². The average molecular weight is 465 g/mol. The molecule has 2 N–H and O–H groups in total. The Balaban J connectivity index is 1.64. The van der Waals surface area contributed by atoms with Crippen LogP contribution in [0.3, 0.4) is 0 Å². The molecule has 2 aliphatic rings. The van der Waals surface area contributed by atoms with Gasteiger partial charge in [-0.3, -0.25) is 9.59 Å². The minimum absolute atomic E-state index is 0.0815. The molecule has 2 heterocycles. The van der Waals surface area contributed by atoms with Crippen molar-refractivity contribution in [1.82, 2.24) is 15.2 Å². The van der Waals surface area contributed by atoms with Gasteiger partial charge in [-0.25, -0.2) is 4.98 Å². The molecule has 7 nitrogen and oxygen atoms in total. The molecule has 1 aromatic rings. The zero-order chi connectivity index (χ0) is 24.0. The van der Waals surface area contributed by atoms with Crippen molar-refractivity contribution < 1.29 is 14.7 Å². The quantitative estimate of drug-likeness (QED) is 0.366. The van der Waals surface area contributed by atoms with Crippen molar-refractivity contribution in [3.05, 3.63) is 69.8 Å². The SMILES string of the molecule is C=C/C=C(C#N)\C=C(/C)C(=O)N1C[C@H](O)C[C@H]1C(=O)NCC1=CC=C(c2scnc2C)CC1. The zero-order valence-electron chi connectivity index (χ0n) is 18.9. The van der Waals surface area contributed by atoms with Gasteiger partial charge in [-0.2, -0.15) is 5.26 Å². The lowest BCUT2D eigenvalue weighted by atomic mass is 9.96. The highest BCUT2D eigenvalue weighted by Crippen LogP contribution is 2.31. The van der Waals surface area contributed by atoms with E-state index in [9.17, 15) is 14.7 Å². The number of hydrogen-bond donors (Lipinski definition) is 2. The molecule has 1 fully saturated rings. The highest BCUT2D eigenvalue weighted by molar-refractivity contribution is 7.10. The van der Waals surface area contributed by atoms with Crippen LogP contribution in [0.5, 0.6) is 0 Å². The highest BCUT2D eigenvalue weighted by atomic mass is 32.1. The van der Waals surface area contributed by atoms with Crippen LogP contribution in [-0.2, 0) is 9.59 Å². The van der Waals surface area contributed by atoms with Crippen LogP contribution in [0.1, 0.15) is 36.8 Å². The van der Waals surface area contributed by atoms with E-state index in [-0.39, 0.29) is 24.8 Å². The first kappa shape index (κ1) is 24.4. The molecule has 1 aliphatic carbocycles. The van der Waals surface area contributed by atoms with Crippen LogP contribution < -0.4 is 5.32 Å². The first-order chi connectivity index (χ1) is 15.8. The van der Waals surface area contributed by atoms with E-state index < -0.39 is 12.1 Å². The third-order valence-corrected chi connectivity index (χ3v) is 6.75. The second-order valence-electron chi connectivity index (χ2n) is 8.16. The van der Waals surface area contributed by atoms with Crippen LogP contribution in [0.15, 0.2) is 59.2 Å². The molecule has 33 heavy (non-hydrogen) atoms. The number of carbonyl (C=O) groups is 2. The lowest BCUT2D eigenvalue weighted by molar-refractivity contribution is -0.135. The summed E-state index contributed by atoms with van der Waals surface area (Å²) < 4.78 is 0. The number of likely N-dealkylation sites (tertiary alicyclic amines) is 1. The summed E-state index contributed by atoms with van der Waals surface area (Å²) in [5.74, 6) is -0.662. The summed E-state index contributed by atoms with van der Waals surface area (Å²) in [5, 5.41) is 22.2. The van der Waals surface area contributed by atoms with Crippen LogP contribution in [0.2, 0.25) is 0 Å². The smallest absolute Gasteiger partial charge is 0.250 e. The van der Waals surface area contributed by atoms with Crippen LogP contribution in [0, 0.1) is 18.3 Å². The van der Waals surface area contributed by atoms with Crippen molar-refractivity contribution >= 4 is 28.7 Å². The van der Waals surface area contributed by atoms with Crippen molar-refractivity contribution in [3.63, 3.8) is 0 Å². The van der Waals surface area contributed by atoms with E-state index in [0.717, 1.165) is 24.1 Å². The normalized spacial score (nSPS) is 21.2. The third-order valence-electron chi connectivity index (χ3n) is 5.74. The predicted molar refractivity (Wildman–Crippen MR) is 129 cm³/mol. The Bertz CT molecular complexity index is 1100. The van der Waals surface area contributed by atoms with Crippen LogP contribution in [-0.4, -0.2) is 52.0 Å². The van der Waals surface area contributed by atoms with Gasteiger partial charge < -0.3 is 15.3 Å². The maximum Gasteiger partial charge on any atom is 0.250 e. The largest absolute Gasteiger partial charge is 0.391 e. The summed E-state index contributed by atoms with van der Waals surface area (Å²) in [6, 6.07) is 1.24. The lowest BCUT2D eigenvalue weighted by Gasteiger charge is -2.24. The van der Waals surface area contributed by atoms with Gasteiger partial charge in [-0.05, 0) is 44.4 Å². The number of nitrogens with one attached hydrogen (secondary N) is 1. The van der Waals surface area contributed by atoms with Crippen molar-refractivity contribution in [2.75, 3.05) is 13.1 Å². The minimum atomic E-state index is -0.765. The van der Waals surface area contributed by atoms with Gasteiger partial charge in [0, 0.05) is 25.1 Å². The summed E-state index contributed by atoms with van der Waals surface area (Å²) >= 11 is 1.64. The first-order valence-electron chi connectivity index (χ1n) is 10.8. The Labute approximate surface area is 198 Å². The molecular weight excluding hydrogens is 436 g/mol. The van der Waals surface area contributed by atoms with Crippen LogP contribution in [0.25, 0.3) is 5.57 Å². The summed E-state index contributed by atoms with van der Waals surface area (Å²) in [6.07, 6.45) is 9.71. The molecule has 3 rings (SSSR count). The molecule has 8 heteroatoms. The Kier molecular flexibility index (Phi) is 8.15. The number of aryl methyl sites for hydroxylation is 1. The summed E-state index contributed by atoms with van der Waals surface area (Å²) in [6.45, 7) is 7.63. The fourth-order valence-electron chi connectivity index (χ4n) is 4.00. The maximum atomic E-state index is 12.9. The van der Waals surface area contributed by atoms with Gasteiger partial charge in [0.2, 0.25) is 11.8 Å². The summed E-state index contributed by atoms with van der Waals surface area (Å²) in [5.41, 5.74) is 5.86. The number of aliphatic hydroxyl groups is 1. The highest BCUT2D eigenvalue weighted by Gasteiger charge is 2.39. The fraction of sp³-hybridized carbons (Fsp3) is 0.360. The monoisotopic (exact) mass is 464 g/mol. The molecule has 2 atom stereocenters. The Hall–Kier alpha value is -3.28. The van der Waals surface area contributed by atoms with Gasteiger partial charge in [0.05, 0.1) is 33.8 Å². The number of aromatic nitrogens is 1.